The van der Waals surface area contributed by atoms with E-state index < -0.39 is 0 Å². The zero-order valence-corrected chi connectivity index (χ0v) is 15.5. The van der Waals surface area contributed by atoms with Crippen LogP contribution in [0, 0.1) is 0 Å². The normalized spacial score (nSPS) is 17.3. The van der Waals surface area contributed by atoms with Gasteiger partial charge in [-0.1, -0.05) is 17.3 Å². The Hall–Kier alpha value is -2.32. The highest BCUT2D eigenvalue weighted by molar-refractivity contribution is 7.18. The van der Waals surface area contributed by atoms with Gasteiger partial charge in [-0.3, -0.25) is 4.79 Å². The van der Waals surface area contributed by atoms with Gasteiger partial charge in [-0.25, -0.2) is 9.67 Å². The lowest BCUT2D eigenvalue weighted by Crippen LogP contribution is -2.29. The van der Waals surface area contributed by atoms with Gasteiger partial charge in [-0.15, -0.1) is 16.4 Å². The van der Waals surface area contributed by atoms with Crippen LogP contribution < -0.4 is 0 Å². The molecule has 7 nitrogen and oxygen atoms in total. The van der Waals surface area contributed by atoms with Gasteiger partial charge in [0.2, 0.25) is 5.91 Å². The molecule has 1 unspecified atom stereocenters. The number of likely N-dealkylation sites (tertiary alicyclic amines) is 1. The topological polar surface area (TPSA) is 73.1 Å². The Bertz CT molecular complexity index is 873. The van der Waals surface area contributed by atoms with Crippen LogP contribution in [0.3, 0.4) is 0 Å². The average Bonchev–Trinajstić information content (AvgIpc) is 3.38. The third-order valence-electron chi connectivity index (χ3n) is 4.63. The first-order valence-corrected chi connectivity index (χ1v) is 9.56. The molecule has 0 aliphatic carbocycles. The van der Waals surface area contributed by atoms with E-state index in [9.17, 15) is 4.79 Å². The molecule has 1 aromatic carbocycles. The second-order valence-electron chi connectivity index (χ2n) is 6.48. The van der Waals surface area contributed by atoms with E-state index in [1.807, 2.05) is 34.0 Å². The fourth-order valence-electron chi connectivity index (χ4n) is 3.29. The predicted molar refractivity (Wildman–Crippen MR) is 98.9 cm³/mol. The molecule has 0 radical (unpaired) electrons. The van der Waals surface area contributed by atoms with Crippen molar-refractivity contribution in [3.05, 3.63) is 41.2 Å². The minimum absolute atomic E-state index is 0.184. The summed E-state index contributed by atoms with van der Waals surface area (Å²) in [5, 5.41) is 9.29. The number of hydrogen-bond acceptors (Lipinski definition) is 6. The first-order chi connectivity index (χ1) is 12.7. The molecule has 3 heterocycles. The van der Waals surface area contributed by atoms with Gasteiger partial charge in [-0.2, -0.15) is 0 Å². The van der Waals surface area contributed by atoms with E-state index in [1.165, 1.54) is 4.70 Å². The minimum atomic E-state index is 0.184. The number of nitrogens with zero attached hydrogens (tertiary/aromatic N) is 5. The number of amides is 1. The number of aromatic nitrogens is 4. The number of hydrogen-bond donors (Lipinski definition) is 0. The molecule has 1 amide bonds. The van der Waals surface area contributed by atoms with E-state index >= 15 is 0 Å². The number of para-hydroxylation sites is 1. The van der Waals surface area contributed by atoms with Gasteiger partial charge in [0.15, 0.2) is 0 Å². The molecular weight excluding hydrogens is 350 g/mol. The number of benzene rings is 1. The molecule has 3 aromatic rings. The maximum Gasteiger partial charge on any atom is 0.223 e. The van der Waals surface area contributed by atoms with E-state index in [0.29, 0.717) is 26.0 Å². The van der Waals surface area contributed by atoms with Crippen molar-refractivity contribution in [2.45, 2.75) is 31.9 Å². The molecule has 1 aliphatic heterocycles. The summed E-state index contributed by atoms with van der Waals surface area (Å²) in [5.41, 5.74) is 1.83. The highest BCUT2D eigenvalue weighted by Crippen LogP contribution is 2.24. The van der Waals surface area contributed by atoms with E-state index in [-0.39, 0.29) is 11.9 Å². The van der Waals surface area contributed by atoms with Gasteiger partial charge < -0.3 is 9.64 Å². The van der Waals surface area contributed by atoms with E-state index in [0.717, 1.165) is 29.2 Å². The Balaban J connectivity index is 1.32. The van der Waals surface area contributed by atoms with Crippen LogP contribution in [0.15, 0.2) is 30.5 Å². The monoisotopic (exact) mass is 371 g/mol. The summed E-state index contributed by atoms with van der Waals surface area (Å²) in [6.07, 6.45) is 4.01. The van der Waals surface area contributed by atoms with Crippen molar-refractivity contribution in [3.8, 4) is 0 Å². The summed E-state index contributed by atoms with van der Waals surface area (Å²) < 4.78 is 8.11. The smallest absolute Gasteiger partial charge is 0.223 e. The molecule has 136 valence electrons. The van der Waals surface area contributed by atoms with Crippen molar-refractivity contribution in [3.63, 3.8) is 0 Å². The zero-order valence-electron chi connectivity index (χ0n) is 14.7. The Morgan fingerprint density at radius 2 is 2.27 bits per heavy atom. The molecule has 1 fully saturated rings. The first-order valence-electron chi connectivity index (χ1n) is 8.75. The molecular formula is C18H21N5O2S. The second-order valence-corrected chi connectivity index (χ2v) is 7.60. The number of ether oxygens (including phenoxy) is 1. The Morgan fingerprint density at radius 1 is 1.38 bits per heavy atom. The lowest BCUT2D eigenvalue weighted by atomic mass is 10.2. The molecule has 26 heavy (non-hydrogen) atoms. The van der Waals surface area contributed by atoms with Gasteiger partial charge in [0, 0.05) is 33.0 Å². The predicted octanol–water partition coefficient (Wildman–Crippen LogP) is 2.44. The first kappa shape index (κ1) is 17.1. The number of fused-ring (bicyclic) bond motifs is 1. The van der Waals surface area contributed by atoms with Crippen LogP contribution in [0.2, 0.25) is 0 Å². The van der Waals surface area contributed by atoms with Crippen LogP contribution in [-0.2, 0) is 22.6 Å². The molecule has 0 bridgehead atoms. The molecule has 2 aromatic heterocycles. The van der Waals surface area contributed by atoms with Gasteiger partial charge >= 0.3 is 0 Å². The van der Waals surface area contributed by atoms with Crippen LogP contribution in [0.4, 0.5) is 0 Å². The highest BCUT2D eigenvalue weighted by Gasteiger charge is 2.28. The SMILES string of the molecule is COCc1cn(C2CCN(C(=O)CCc3nc4ccccc4s3)C2)nn1. The quantitative estimate of drug-likeness (QED) is 0.665. The molecule has 1 atom stereocenters. The number of thiazole rings is 1. The van der Waals surface area contributed by atoms with Gasteiger partial charge in [0.1, 0.15) is 5.69 Å². The van der Waals surface area contributed by atoms with Crippen LogP contribution in [0.1, 0.15) is 29.6 Å². The Kier molecular flexibility index (Phi) is 4.94. The van der Waals surface area contributed by atoms with Crippen molar-refractivity contribution < 1.29 is 9.53 Å². The summed E-state index contributed by atoms with van der Waals surface area (Å²) in [4.78, 5) is 19.1. The summed E-state index contributed by atoms with van der Waals surface area (Å²) in [6.45, 7) is 1.91. The van der Waals surface area contributed by atoms with Crippen LogP contribution in [0.25, 0.3) is 10.2 Å². The Morgan fingerprint density at radius 3 is 3.12 bits per heavy atom. The van der Waals surface area contributed by atoms with Crippen LogP contribution >= 0.6 is 11.3 Å². The minimum Gasteiger partial charge on any atom is -0.378 e. The van der Waals surface area contributed by atoms with Crippen molar-refractivity contribution in [1.82, 2.24) is 24.9 Å². The second kappa shape index (κ2) is 7.51. The van der Waals surface area contributed by atoms with Crippen molar-refractivity contribution in [1.29, 1.82) is 0 Å². The fraction of sp³-hybridized carbons (Fsp3) is 0.444. The molecule has 8 heteroatoms. The van der Waals surface area contributed by atoms with Gasteiger partial charge in [-0.05, 0) is 18.6 Å². The fourth-order valence-corrected chi connectivity index (χ4v) is 4.26. The molecule has 1 saturated heterocycles. The Labute approximate surface area is 155 Å². The van der Waals surface area contributed by atoms with Crippen molar-refractivity contribution >= 4 is 27.5 Å². The van der Waals surface area contributed by atoms with Crippen LogP contribution in [0.5, 0.6) is 0 Å². The largest absolute Gasteiger partial charge is 0.378 e. The average molecular weight is 371 g/mol. The maximum atomic E-state index is 12.6. The summed E-state index contributed by atoms with van der Waals surface area (Å²) in [6, 6.07) is 8.28. The zero-order chi connectivity index (χ0) is 17.9. The van der Waals surface area contributed by atoms with Crippen molar-refractivity contribution in [2.75, 3.05) is 20.2 Å². The number of carbonyl (C=O) groups is 1. The maximum absolute atomic E-state index is 12.6. The molecule has 0 spiro atoms. The summed E-state index contributed by atoms with van der Waals surface area (Å²) >= 11 is 1.67. The van der Waals surface area contributed by atoms with Gasteiger partial charge in [0.25, 0.3) is 0 Å². The van der Waals surface area contributed by atoms with E-state index in [4.69, 9.17) is 4.74 Å². The summed E-state index contributed by atoms with van der Waals surface area (Å²) in [5.74, 6) is 0.184. The third-order valence-corrected chi connectivity index (χ3v) is 5.73. The molecule has 0 N–H and O–H groups in total. The standard InChI is InChI=1S/C18H21N5O2S/c1-25-12-13-10-23(21-20-13)14-8-9-22(11-14)18(24)7-6-17-19-15-4-2-3-5-16(15)26-17/h2-5,10,14H,6-9,11-12H2,1H3. The number of aryl methyl sites for hydroxylation is 1. The third kappa shape index (κ3) is 3.61. The molecule has 4 rings (SSSR count). The van der Waals surface area contributed by atoms with E-state index in [2.05, 4.69) is 21.4 Å². The van der Waals surface area contributed by atoms with Gasteiger partial charge in [0.05, 0.1) is 34.1 Å². The molecule has 1 aliphatic rings. The number of carbonyl (C=O) groups excluding carboxylic acids is 1. The summed E-state index contributed by atoms with van der Waals surface area (Å²) in [7, 11) is 1.64. The molecule has 0 saturated carbocycles. The number of rotatable bonds is 6. The number of methoxy groups -OCH3 is 1. The van der Waals surface area contributed by atoms with Crippen molar-refractivity contribution in [2.24, 2.45) is 0 Å². The highest BCUT2D eigenvalue weighted by atomic mass is 32.1. The van der Waals surface area contributed by atoms with Crippen LogP contribution in [-0.4, -0.2) is 51.0 Å². The lowest BCUT2D eigenvalue weighted by molar-refractivity contribution is -0.130. The van der Waals surface area contributed by atoms with E-state index in [1.54, 1.807) is 18.4 Å². The lowest BCUT2D eigenvalue weighted by Gasteiger charge is -2.16.